The molecule has 0 bridgehead atoms. The molecule has 1 fully saturated rings. The quantitative estimate of drug-likeness (QED) is 0.0718. The number of halogens is 3. The number of nitrogens with zero attached hydrogens (tertiary/aromatic N) is 1. The van der Waals surface area contributed by atoms with Gasteiger partial charge in [-0.2, -0.15) is 0 Å². The van der Waals surface area contributed by atoms with Crippen LogP contribution in [0.5, 0.6) is 0 Å². The molecule has 49 heavy (non-hydrogen) atoms. The van der Waals surface area contributed by atoms with Crippen LogP contribution in [-0.2, 0) is 43.5 Å². The SMILES string of the molecule is N=C(O[C@@H]1OC(COCc2ccccc2)[C@@H](OCc2ccccc2)[C@H](OCc2ccccc2)C1N1C(=O)c2ccccc2C1=O)C(Cl)(Cl)Cl. The normalized spacial score (nSPS) is 22.2. The van der Waals surface area contributed by atoms with Gasteiger partial charge in [0.05, 0.1) is 37.6 Å². The standard InChI is InChI=1S/C37H33Cl3N2O7/c38-37(39,40)36(41)49-35-30(42-33(43)27-18-10-11-19-28(27)34(42)44)32(47-22-26-16-8-3-9-17-26)31(46-21-25-14-6-2-7-15-25)29(48-35)23-45-20-24-12-4-1-5-13-24/h1-19,29-32,35,41H,20-23H2/t29?,30?,31-,32-,35+/m1/s1. The molecule has 0 radical (unpaired) electrons. The summed E-state index contributed by atoms with van der Waals surface area (Å²) >= 11 is 18.1. The molecule has 4 aromatic carbocycles. The number of hydrogen-bond acceptors (Lipinski definition) is 8. The van der Waals surface area contributed by atoms with Crippen LogP contribution in [-0.4, -0.2) is 63.7 Å². The third-order valence-corrected chi connectivity index (χ3v) is 8.71. The zero-order valence-corrected chi connectivity index (χ0v) is 28.4. The number of imide groups is 1. The van der Waals surface area contributed by atoms with Gasteiger partial charge in [-0.25, -0.2) is 0 Å². The Morgan fingerprint density at radius 2 is 1.12 bits per heavy atom. The van der Waals surface area contributed by atoms with E-state index < -0.39 is 52.1 Å². The molecule has 5 atom stereocenters. The van der Waals surface area contributed by atoms with Gasteiger partial charge in [-0.3, -0.25) is 19.9 Å². The number of carbonyl (C=O) groups is 2. The highest BCUT2D eigenvalue weighted by molar-refractivity contribution is 6.76. The second-order valence-electron chi connectivity index (χ2n) is 11.5. The van der Waals surface area contributed by atoms with Gasteiger partial charge in [0.25, 0.3) is 15.6 Å². The molecule has 9 nitrogen and oxygen atoms in total. The summed E-state index contributed by atoms with van der Waals surface area (Å²) in [6.07, 6.45) is -4.35. The number of alkyl halides is 3. The highest BCUT2D eigenvalue weighted by Crippen LogP contribution is 2.38. The van der Waals surface area contributed by atoms with Crippen molar-refractivity contribution in [2.24, 2.45) is 0 Å². The summed E-state index contributed by atoms with van der Waals surface area (Å²) in [6, 6.07) is 33.8. The fourth-order valence-electron chi connectivity index (χ4n) is 5.85. The van der Waals surface area contributed by atoms with Crippen LogP contribution in [0, 0.1) is 5.41 Å². The molecule has 2 amide bonds. The van der Waals surface area contributed by atoms with Gasteiger partial charge >= 0.3 is 0 Å². The summed E-state index contributed by atoms with van der Waals surface area (Å²) in [4.78, 5) is 29.0. The predicted molar refractivity (Wildman–Crippen MR) is 185 cm³/mol. The van der Waals surface area contributed by atoms with Crippen molar-refractivity contribution in [1.29, 1.82) is 5.41 Å². The third-order valence-electron chi connectivity index (χ3n) is 8.19. The van der Waals surface area contributed by atoms with Gasteiger partial charge in [0.1, 0.15) is 24.4 Å². The van der Waals surface area contributed by atoms with E-state index in [0.717, 1.165) is 21.6 Å². The highest BCUT2D eigenvalue weighted by atomic mass is 35.6. The predicted octanol–water partition coefficient (Wildman–Crippen LogP) is 7.13. The second-order valence-corrected chi connectivity index (χ2v) is 13.8. The fourth-order valence-corrected chi connectivity index (χ4v) is 5.98. The van der Waals surface area contributed by atoms with Gasteiger partial charge in [0.2, 0.25) is 12.2 Å². The summed E-state index contributed by atoms with van der Waals surface area (Å²) in [6.45, 7) is 0.497. The number of hydrogen-bond donors (Lipinski definition) is 1. The van der Waals surface area contributed by atoms with Crippen LogP contribution in [0.1, 0.15) is 37.4 Å². The Hall–Kier alpha value is -3.80. The van der Waals surface area contributed by atoms with Crippen molar-refractivity contribution < 1.29 is 33.3 Å². The number of fused-ring (bicyclic) bond motifs is 1. The Bertz CT molecular complexity index is 1710. The fraction of sp³-hybridized carbons (Fsp3) is 0.270. The average molecular weight is 724 g/mol. The van der Waals surface area contributed by atoms with Crippen LogP contribution in [0.25, 0.3) is 0 Å². The van der Waals surface area contributed by atoms with Gasteiger partial charge in [-0.15, -0.1) is 0 Å². The van der Waals surface area contributed by atoms with Gasteiger partial charge in [-0.1, -0.05) is 138 Å². The molecule has 254 valence electrons. The van der Waals surface area contributed by atoms with Crippen molar-refractivity contribution in [3.8, 4) is 0 Å². The number of ether oxygens (including phenoxy) is 5. The van der Waals surface area contributed by atoms with Gasteiger partial charge in [0.15, 0.2) is 0 Å². The van der Waals surface area contributed by atoms with E-state index in [1.54, 1.807) is 24.3 Å². The third kappa shape index (κ3) is 8.33. The lowest BCUT2D eigenvalue weighted by Crippen LogP contribution is -2.67. The van der Waals surface area contributed by atoms with Crippen molar-refractivity contribution >= 4 is 52.5 Å². The highest BCUT2D eigenvalue weighted by Gasteiger charge is 2.56. The van der Waals surface area contributed by atoms with E-state index in [1.807, 2.05) is 91.0 Å². The first-order valence-electron chi connectivity index (χ1n) is 15.6. The Morgan fingerprint density at radius 3 is 1.61 bits per heavy atom. The lowest BCUT2D eigenvalue weighted by molar-refractivity contribution is -0.282. The monoisotopic (exact) mass is 722 g/mol. The van der Waals surface area contributed by atoms with Crippen LogP contribution >= 0.6 is 34.8 Å². The topological polar surface area (TPSA) is 107 Å². The minimum Gasteiger partial charge on any atom is -0.446 e. The van der Waals surface area contributed by atoms with Gasteiger partial charge < -0.3 is 23.7 Å². The van der Waals surface area contributed by atoms with E-state index >= 15 is 0 Å². The lowest BCUT2D eigenvalue weighted by Gasteiger charge is -2.48. The molecule has 4 aromatic rings. The second kappa shape index (κ2) is 15.8. The summed E-state index contributed by atoms with van der Waals surface area (Å²) < 4.78 is 29.4. The molecule has 12 heteroatoms. The van der Waals surface area contributed by atoms with E-state index in [0.29, 0.717) is 0 Å². The first-order chi connectivity index (χ1) is 23.7. The minimum atomic E-state index is -2.27. The smallest absolute Gasteiger partial charge is 0.265 e. The van der Waals surface area contributed by atoms with E-state index in [2.05, 4.69) is 0 Å². The van der Waals surface area contributed by atoms with Crippen LogP contribution in [0.4, 0.5) is 0 Å². The van der Waals surface area contributed by atoms with Gasteiger partial charge in [-0.05, 0) is 28.8 Å². The lowest BCUT2D eigenvalue weighted by atomic mass is 9.94. The van der Waals surface area contributed by atoms with Crippen LogP contribution in [0.3, 0.4) is 0 Å². The largest absolute Gasteiger partial charge is 0.446 e. The molecular weight excluding hydrogens is 691 g/mol. The first-order valence-corrected chi connectivity index (χ1v) is 16.7. The maximum absolute atomic E-state index is 14.0. The van der Waals surface area contributed by atoms with Crippen molar-refractivity contribution in [3.63, 3.8) is 0 Å². The molecule has 2 aliphatic heterocycles. The minimum absolute atomic E-state index is 0.00462. The molecule has 2 aliphatic rings. The van der Waals surface area contributed by atoms with E-state index in [-0.39, 0.29) is 37.6 Å². The Kier molecular flexibility index (Phi) is 11.3. The van der Waals surface area contributed by atoms with Crippen molar-refractivity contribution in [1.82, 2.24) is 4.90 Å². The summed E-state index contributed by atoms with van der Waals surface area (Å²) in [5.41, 5.74) is 3.06. The molecule has 2 heterocycles. The number of rotatable bonds is 12. The van der Waals surface area contributed by atoms with E-state index in [4.69, 9.17) is 63.9 Å². The maximum atomic E-state index is 14.0. The number of carbonyl (C=O) groups excluding carboxylic acids is 2. The zero-order valence-electron chi connectivity index (χ0n) is 26.1. The molecule has 2 unspecified atom stereocenters. The maximum Gasteiger partial charge on any atom is 0.265 e. The molecule has 0 aromatic heterocycles. The Balaban J connectivity index is 1.40. The first kappa shape index (κ1) is 35.0. The number of nitrogens with one attached hydrogen (secondary N) is 1. The molecule has 0 spiro atoms. The Morgan fingerprint density at radius 1 is 0.673 bits per heavy atom. The summed E-state index contributed by atoms with van der Waals surface area (Å²) in [7, 11) is 0. The van der Waals surface area contributed by atoms with Crippen molar-refractivity contribution in [2.45, 2.75) is 54.3 Å². The zero-order chi connectivity index (χ0) is 34.4. The number of amides is 2. The van der Waals surface area contributed by atoms with Crippen LogP contribution in [0.2, 0.25) is 0 Å². The Labute approximate surface area is 299 Å². The van der Waals surface area contributed by atoms with Gasteiger partial charge in [0, 0.05) is 0 Å². The molecular formula is C37H33Cl3N2O7. The number of benzene rings is 4. The molecule has 0 saturated carbocycles. The van der Waals surface area contributed by atoms with E-state index in [9.17, 15) is 9.59 Å². The van der Waals surface area contributed by atoms with Crippen molar-refractivity contribution in [3.05, 3.63) is 143 Å². The van der Waals surface area contributed by atoms with E-state index in [1.165, 1.54) is 0 Å². The summed E-state index contributed by atoms with van der Waals surface area (Å²) in [5.74, 6) is -1.94. The molecule has 1 N–H and O–H groups in total. The molecule has 1 saturated heterocycles. The van der Waals surface area contributed by atoms with Crippen molar-refractivity contribution in [2.75, 3.05) is 6.61 Å². The average Bonchev–Trinajstić information content (AvgIpc) is 3.36. The van der Waals surface area contributed by atoms with Crippen LogP contribution < -0.4 is 0 Å². The molecule has 6 rings (SSSR count). The molecule has 0 aliphatic carbocycles. The summed E-state index contributed by atoms with van der Waals surface area (Å²) in [5, 5.41) is 8.44. The van der Waals surface area contributed by atoms with Crippen LogP contribution in [0.15, 0.2) is 115 Å².